The molecule has 0 aromatic rings. The van der Waals surface area contributed by atoms with Gasteiger partial charge in [0, 0.05) is 12.1 Å². The second kappa shape index (κ2) is 6.13. The van der Waals surface area contributed by atoms with E-state index in [9.17, 15) is 0 Å². The molecule has 1 atom stereocenters. The lowest BCUT2D eigenvalue weighted by Gasteiger charge is -2.48. The molecule has 0 saturated heterocycles. The number of hydrogen-bond donors (Lipinski definition) is 1. The van der Waals surface area contributed by atoms with Crippen LogP contribution in [0.1, 0.15) is 67.2 Å². The predicted octanol–water partition coefficient (Wildman–Crippen LogP) is 3.90. The molecule has 0 aromatic carbocycles. The topological polar surface area (TPSA) is 29.3 Å². The fraction of sp³-hybridized carbons (Fsp3) is 1.00. The average molecular weight is 268 g/mol. The molecule has 0 aromatic heterocycles. The minimum Gasteiger partial charge on any atom is -0.327 e. The summed E-state index contributed by atoms with van der Waals surface area (Å²) in [4.78, 5) is 2.56. The van der Waals surface area contributed by atoms with Gasteiger partial charge in [-0.15, -0.1) is 0 Å². The third-order valence-electron chi connectivity index (χ3n) is 4.83. The Morgan fingerprint density at radius 1 is 1.11 bits per heavy atom. The van der Waals surface area contributed by atoms with Crippen molar-refractivity contribution in [2.75, 3.05) is 13.6 Å². The SMILES string of the molecule is CC(C)C(N)CCN(C)C1CC(C)(C)CC(C)(C)C1. The summed E-state index contributed by atoms with van der Waals surface area (Å²) in [6.45, 7) is 15.3. The van der Waals surface area contributed by atoms with E-state index in [4.69, 9.17) is 5.73 Å². The van der Waals surface area contributed by atoms with Gasteiger partial charge in [0.2, 0.25) is 0 Å². The van der Waals surface area contributed by atoms with Crippen LogP contribution in [0.2, 0.25) is 0 Å². The van der Waals surface area contributed by atoms with E-state index in [2.05, 4.69) is 53.5 Å². The number of rotatable bonds is 5. The summed E-state index contributed by atoms with van der Waals surface area (Å²) >= 11 is 0. The highest BCUT2D eigenvalue weighted by Gasteiger charge is 2.39. The van der Waals surface area contributed by atoms with Crippen molar-refractivity contribution < 1.29 is 0 Å². The highest BCUT2D eigenvalue weighted by Crippen LogP contribution is 2.46. The standard InChI is InChI=1S/C17H36N2/c1-13(2)15(18)8-9-19(7)14-10-16(3,4)12-17(5,6)11-14/h13-15H,8-12,18H2,1-7H3. The van der Waals surface area contributed by atoms with E-state index in [1.807, 2.05) is 0 Å². The summed E-state index contributed by atoms with van der Waals surface area (Å²) in [5.74, 6) is 0.590. The summed E-state index contributed by atoms with van der Waals surface area (Å²) < 4.78 is 0. The van der Waals surface area contributed by atoms with Crippen LogP contribution in [0.5, 0.6) is 0 Å². The zero-order valence-electron chi connectivity index (χ0n) is 14.3. The maximum Gasteiger partial charge on any atom is 0.0102 e. The lowest BCUT2D eigenvalue weighted by atomic mass is 9.63. The molecule has 1 aliphatic carbocycles. The van der Waals surface area contributed by atoms with Crippen LogP contribution in [-0.4, -0.2) is 30.6 Å². The fourth-order valence-corrected chi connectivity index (χ4v) is 3.97. The molecule has 2 heteroatoms. The van der Waals surface area contributed by atoms with Gasteiger partial charge in [0.15, 0.2) is 0 Å². The molecule has 19 heavy (non-hydrogen) atoms. The molecule has 114 valence electrons. The predicted molar refractivity (Wildman–Crippen MR) is 85.3 cm³/mol. The van der Waals surface area contributed by atoms with Gasteiger partial charge in [-0.05, 0) is 56.0 Å². The van der Waals surface area contributed by atoms with Crippen LogP contribution in [0.25, 0.3) is 0 Å². The quantitative estimate of drug-likeness (QED) is 0.819. The van der Waals surface area contributed by atoms with Crippen molar-refractivity contribution in [2.45, 2.75) is 79.3 Å². The van der Waals surface area contributed by atoms with Crippen LogP contribution in [0, 0.1) is 16.7 Å². The maximum atomic E-state index is 6.17. The first-order chi connectivity index (χ1) is 8.52. The van der Waals surface area contributed by atoms with Crippen LogP contribution in [0.4, 0.5) is 0 Å². The summed E-state index contributed by atoms with van der Waals surface area (Å²) in [5.41, 5.74) is 7.12. The van der Waals surface area contributed by atoms with E-state index in [-0.39, 0.29) is 0 Å². The van der Waals surface area contributed by atoms with Gasteiger partial charge in [-0.2, -0.15) is 0 Å². The van der Waals surface area contributed by atoms with Crippen molar-refractivity contribution >= 4 is 0 Å². The monoisotopic (exact) mass is 268 g/mol. The van der Waals surface area contributed by atoms with E-state index in [1.54, 1.807) is 0 Å². The summed E-state index contributed by atoms with van der Waals surface area (Å²) in [5, 5.41) is 0. The number of hydrogen-bond acceptors (Lipinski definition) is 2. The molecule has 0 radical (unpaired) electrons. The van der Waals surface area contributed by atoms with Crippen LogP contribution < -0.4 is 5.73 Å². The Balaban J connectivity index is 2.54. The van der Waals surface area contributed by atoms with Crippen molar-refractivity contribution in [1.82, 2.24) is 4.90 Å². The van der Waals surface area contributed by atoms with Gasteiger partial charge in [-0.25, -0.2) is 0 Å². The lowest BCUT2D eigenvalue weighted by Crippen LogP contribution is -2.46. The summed E-state index contributed by atoms with van der Waals surface area (Å²) in [6, 6.07) is 1.06. The van der Waals surface area contributed by atoms with Gasteiger partial charge in [-0.1, -0.05) is 41.5 Å². The van der Waals surface area contributed by atoms with E-state index >= 15 is 0 Å². The van der Waals surface area contributed by atoms with Crippen LogP contribution >= 0.6 is 0 Å². The fourth-order valence-electron chi connectivity index (χ4n) is 3.97. The molecular weight excluding hydrogens is 232 g/mol. The van der Waals surface area contributed by atoms with Crippen LogP contribution in [0.3, 0.4) is 0 Å². The first-order valence-electron chi connectivity index (χ1n) is 7.98. The van der Waals surface area contributed by atoms with Gasteiger partial charge in [0.05, 0.1) is 0 Å². The van der Waals surface area contributed by atoms with E-state index in [0.29, 0.717) is 22.8 Å². The Morgan fingerprint density at radius 2 is 1.58 bits per heavy atom. The minimum absolute atomic E-state index is 0.340. The molecule has 1 rings (SSSR count). The smallest absolute Gasteiger partial charge is 0.0102 e. The second-order valence-corrected chi connectivity index (χ2v) is 8.74. The Bertz CT molecular complexity index is 265. The molecule has 2 nitrogen and oxygen atoms in total. The van der Waals surface area contributed by atoms with Crippen molar-refractivity contribution in [1.29, 1.82) is 0 Å². The molecule has 1 saturated carbocycles. The third-order valence-corrected chi connectivity index (χ3v) is 4.83. The van der Waals surface area contributed by atoms with Gasteiger partial charge >= 0.3 is 0 Å². The van der Waals surface area contributed by atoms with Crippen molar-refractivity contribution in [3.05, 3.63) is 0 Å². The first kappa shape index (κ1) is 17.0. The summed E-state index contributed by atoms with van der Waals surface area (Å²) in [7, 11) is 2.29. The Morgan fingerprint density at radius 3 is 2.00 bits per heavy atom. The maximum absolute atomic E-state index is 6.17. The minimum atomic E-state index is 0.340. The molecule has 0 heterocycles. The molecular formula is C17H36N2. The molecule has 0 bridgehead atoms. The Labute approximate surface area is 121 Å². The van der Waals surface area contributed by atoms with E-state index < -0.39 is 0 Å². The van der Waals surface area contributed by atoms with Gasteiger partial charge in [0.25, 0.3) is 0 Å². The van der Waals surface area contributed by atoms with Gasteiger partial charge in [0.1, 0.15) is 0 Å². The molecule has 1 unspecified atom stereocenters. The zero-order valence-corrected chi connectivity index (χ0v) is 14.3. The van der Waals surface area contributed by atoms with E-state index in [1.165, 1.54) is 19.3 Å². The number of nitrogens with zero attached hydrogens (tertiary/aromatic N) is 1. The molecule has 0 spiro atoms. The van der Waals surface area contributed by atoms with Gasteiger partial charge < -0.3 is 10.6 Å². The number of nitrogens with two attached hydrogens (primary N) is 1. The largest absolute Gasteiger partial charge is 0.327 e. The normalized spacial score (nSPS) is 24.9. The van der Waals surface area contributed by atoms with Crippen molar-refractivity contribution in [3.63, 3.8) is 0 Å². The lowest BCUT2D eigenvalue weighted by molar-refractivity contribution is 0.0341. The Hall–Kier alpha value is -0.0800. The van der Waals surface area contributed by atoms with Crippen molar-refractivity contribution in [3.8, 4) is 0 Å². The first-order valence-corrected chi connectivity index (χ1v) is 7.98. The van der Waals surface area contributed by atoms with Crippen molar-refractivity contribution in [2.24, 2.45) is 22.5 Å². The Kier molecular flexibility index (Phi) is 5.48. The molecule has 1 fully saturated rings. The van der Waals surface area contributed by atoms with Crippen LogP contribution in [0.15, 0.2) is 0 Å². The summed E-state index contributed by atoms with van der Waals surface area (Å²) in [6.07, 6.45) is 5.11. The van der Waals surface area contributed by atoms with E-state index in [0.717, 1.165) is 19.0 Å². The molecule has 2 N–H and O–H groups in total. The average Bonchev–Trinajstić information content (AvgIpc) is 2.20. The zero-order chi connectivity index (χ0) is 14.8. The molecule has 1 aliphatic rings. The highest BCUT2D eigenvalue weighted by atomic mass is 15.1. The van der Waals surface area contributed by atoms with Gasteiger partial charge in [-0.3, -0.25) is 0 Å². The molecule has 0 aliphatic heterocycles. The third kappa shape index (κ3) is 5.43. The highest BCUT2D eigenvalue weighted by molar-refractivity contribution is 4.92. The molecule has 0 amide bonds. The second-order valence-electron chi connectivity index (χ2n) is 8.74. The van der Waals surface area contributed by atoms with Crippen LogP contribution in [-0.2, 0) is 0 Å².